The van der Waals surface area contributed by atoms with Gasteiger partial charge in [-0.05, 0) is 6.42 Å². The molecule has 1 saturated carbocycles. The van der Waals surface area contributed by atoms with Gasteiger partial charge < -0.3 is 0 Å². The molecule has 0 aromatic carbocycles. The van der Waals surface area contributed by atoms with Crippen LogP contribution in [0.15, 0.2) is 12.7 Å². The number of alkyl halides is 2. The summed E-state index contributed by atoms with van der Waals surface area (Å²) < 4.78 is 23.9. The van der Waals surface area contributed by atoms with E-state index in [1.807, 2.05) is 0 Å². The summed E-state index contributed by atoms with van der Waals surface area (Å²) in [5.74, 6) is -2.74. The first-order valence-corrected chi connectivity index (χ1v) is 2.65. The molecule has 0 heterocycles. The molecule has 2 heteroatoms. The number of hydrogen-bond acceptors (Lipinski definition) is 0. The van der Waals surface area contributed by atoms with Gasteiger partial charge in [0.25, 0.3) is 5.92 Å². The van der Waals surface area contributed by atoms with Crippen LogP contribution in [0.1, 0.15) is 12.8 Å². The van der Waals surface area contributed by atoms with E-state index in [0.29, 0.717) is 6.42 Å². The molecule has 1 aliphatic rings. The molecule has 0 nitrogen and oxygen atoms in total. The second-order valence-corrected chi connectivity index (χ2v) is 2.19. The highest BCUT2D eigenvalue weighted by Gasteiger charge is 2.55. The maximum atomic E-state index is 11.9. The molecule has 0 radical (unpaired) electrons. The van der Waals surface area contributed by atoms with Gasteiger partial charge in [0, 0.05) is 12.3 Å². The molecule has 0 aromatic rings. The minimum Gasteiger partial charge on any atom is -0.207 e. The molecule has 1 aliphatic carbocycles. The largest absolute Gasteiger partial charge is 0.251 e. The van der Waals surface area contributed by atoms with Crippen molar-refractivity contribution >= 4 is 0 Å². The summed E-state index contributed by atoms with van der Waals surface area (Å²) >= 11 is 0. The van der Waals surface area contributed by atoms with Crippen molar-refractivity contribution in [1.82, 2.24) is 0 Å². The fraction of sp³-hybridized carbons (Fsp3) is 0.667. The Bertz CT molecular complexity index is 107. The molecule has 46 valence electrons. The highest BCUT2D eigenvalue weighted by Crippen LogP contribution is 2.50. The predicted molar refractivity (Wildman–Crippen MR) is 27.9 cm³/mol. The zero-order valence-electron chi connectivity index (χ0n) is 4.53. The molecule has 1 rings (SSSR count). The Balaban J connectivity index is 2.26. The molecule has 0 N–H and O–H groups in total. The number of hydrogen-bond donors (Lipinski definition) is 0. The number of halogens is 2. The van der Waals surface area contributed by atoms with Crippen LogP contribution >= 0.6 is 0 Å². The van der Waals surface area contributed by atoms with Crippen molar-refractivity contribution in [3.8, 4) is 0 Å². The summed E-state index contributed by atoms with van der Waals surface area (Å²) in [5, 5.41) is 0. The van der Waals surface area contributed by atoms with Gasteiger partial charge in [-0.3, -0.25) is 0 Å². The first-order chi connectivity index (χ1) is 3.67. The zero-order valence-corrected chi connectivity index (χ0v) is 4.53. The van der Waals surface area contributed by atoms with Gasteiger partial charge in [0.2, 0.25) is 0 Å². The van der Waals surface area contributed by atoms with Crippen molar-refractivity contribution in [3.63, 3.8) is 0 Å². The number of allylic oxidation sites excluding steroid dienone is 1. The van der Waals surface area contributed by atoms with Crippen molar-refractivity contribution < 1.29 is 8.78 Å². The summed E-state index contributed by atoms with van der Waals surface area (Å²) in [4.78, 5) is 0. The lowest BCUT2D eigenvalue weighted by Crippen LogP contribution is -1.90. The Labute approximate surface area is 47.2 Å². The van der Waals surface area contributed by atoms with Crippen LogP contribution in [0.25, 0.3) is 0 Å². The monoisotopic (exact) mass is 118 g/mol. The second kappa shape index (κ2) is 1.54. The third-order valence-corrected chi connectivity index (χ3v) is 1.41. The van der Waals surface area contributed by atoms with Gasteiger partial charge in [0.05, 0.1) is 0 Å². The summed E-state index contributed by atoms with van der Waals surface area (Å²) in [5.41, 5.74) is 0. The maximum Gasteiger partial charge on any atom is 0.251 e. The van der Waals surface area contributed by atoms with Crippen molar-refractivity contribution in [1.29, 1.82) is 0 Å². The van der Waals surface area contributed by atoms with Gasteiger partial charge in [0.1, 0.15) is 0 Å². The molecule has 0 bridgehead atoms. The Morgan fingerprint density at radius 1 is 1.75 bits per heavy atom. The van der Waals surface area contributed by atoms with E-state index in [1.54, 1.807) is 6.08 Å². The standard InChI is InChI=1S/C6H8F2/c1-2-3-5-4-6(5,7)8/h2,5H,1,3-4H2. The molecule has 1 fully saturated rings. The highest BCUT2D eigenvalue weighted by atomic mass is 19.3. The lowest BCUT2D eigenvalue weighted by Gasteiger charge is -1.88. The third kappa shape index (κ3) is 0.881. The minimum absolute atomic E-state index is 0.0685. The lowest BCUT2D eigenvalue weighted by molar-refractivity contribution is 0.0995. The molecule has 1 atom stereocenters. The first kappa shape index (κ1) is 5.73. The predicted octanol–water partition coefficient (Wildman–Crippen LogP) is 2.22. The molecule has 0 aromatic heterocycles. The lowest BCUT2D eigenvalue weighted by atomic mass is 10.3. The molecule has 0 aliphatic heterocycles. The molecule has 1 unspecified atom stereocenters. The van der Waals surface area contributed by atoms with Gasteiger partial charge in [-0.15, -0.1) is 6.58 Å². The van der Waals surface area contributed by atoms with Crippen molar-refractivity contribution in [2.24, 2.45) is 5.92 Å². The van der Waals surface area contributed by atoms with Crippen LogP contribution in [0.3, 0.4) is 0 Å². The highest BCUT2D eigenvalue weighted by molar-refractivity contribution is 4.97. The first-order valence-electron chi connectivity index (χ1n) is 2.65. The van der Waals surface area contributed by atoms with Crippen LogP contribution in [-0.2, 0) is 0 Å². The molecule has 0 saturated heterocycles. The molecule has 8 heavy (non-hydrogen) atoms. The quantitative estimate of drug-likeness (QED) is 0.487. The van der Waals surface area contributed by atoms with Crippen LogP contribution in [-0.4, -0.2) is 5.92 Å². The fourth-order valence-electron chi connectivity index (χ4n) is 0.727. The fourth-order valence-corrected chi connectivity index (χ4v) is 0.727. The van der Waals surface area contributed by atoms with Crippen LogP contribution in [0.5, 0.6) is 0 Å². The van der Waals surface area contributed by atoms with E-state index in [2.05, 4.69) is 6.58 Å². The average Bonchev–Trinajstić information content (AvgIpc) is 2.15. The van der Waals surface area contributed by atoms with Gasteiger partial charge >= 0.3 is 0 Å². The van der Waals surface area contributed by atoms with E-state index >= 15 is 0 Å². The third-order valence-electron chi connectivity index (χ3n) is 1.41. The summed E-state index contributed by atoms with van der Waals surface area (Å²) in [6.45, 7) is 3.37. The smallest absolute Gasteiger partial charge is 0.207 e. The molecule has 0 amide bonds. The molecular formula is C6H8F2. The van der Waals surface area contributed by atoms with Gasteiger partial charge in [-0.25, -0.2) is 8.78 Å². The van der Waals surface area contributed by atoms with Crippen LogP contribution < -0.4 is 0 Å². The van der Waals surface area contributed by atoms with E-state index in [-0.39, 0.29) is 12.3 Å². The second-order valence-electron chi connectivity index (χ2n) is 2.19. The maximum absolute atomic E-state index is 11.9. The minimum atomic E-state index is -2.35. The topological polar surface area (TPSA) is 0 Å². The average molecular weight is 118 g/mol. The van der Waals surface area contributed by atoms with Crippen LogP contribution in [0.4, 0.5) is 8.78 Å². The summed E-state index contributed by atoms with van der Waals surface area (Å²) in [7, 11) is 0. The molecule has 0 spiro atoms. The van der Waals surface area contributed by atoms with Crippen molar-refractivity contribution in [3.05, 3.63) is 12.7 Å². The van der Waals surface area contributed by atoms with Crippen LogP contribution in [0, 0.1) is 5.92 Å². The van der Waals surface area contributed by atoms with Gasteiger partial charge in [-0.2, -0.15) is 0 Å². The van der Waals surface area contributed by atoms with Crippen molar-refractivity contribution in [2.75, 3.05) is 0 Å². The molecular weight excluding hydrogens is 110 g/mol. The Morgan fingerprint density at radius 2 is 2.25 bits per heavy atom. The van der Waals surface area contributed by atoms with Gasteiger partial charge in [-0.1, -0.05) is 6.08 Å². The zero-order chi connectivity index (χ0) is 6.20. The normalized spacial score (nSPS) is 32.0. The summed E-state index contributed by atoms with van der Waals surface area (Å²) in [6.07, 6.45) is 2.08. The Morgan fingerprint density at radius 3 is 2.38 bits per heavy atom. The van der Waals surface area contributed by atoms with E-state index in [4.69, 9.17) is 0 Å². The number of rotatable bonds is 2. The Kier molecular flexibility index (Phi) is 1.10. The summed E-state index contributed by atoms with van der Waals surface area (Å²) in [6, 6.07) is 0. The van der Waals surface area contributed by atoms with E-state index in [1.165, 1.54) is 0 Å². The van der Waals surface area contributed by atoms with Gasteiger partial charge in [0.15, 0.2) is 0 Å². The van der Waals surface area contributed by atoms with Crippen LogP contribution in [0.2, 0.25) is 0 Å². The van der Waals surface area contributed by atoms with E-state index < -0.39 is 5.92 Å². The van der Waals surface area contributed by atoms with E-state index in [0.717, 1.165) is 0 Å². The van der Waals surface area contributed by atoms with E-state index in [9.17, 15) is 8.78 Å². The van der Waals surface area contributed by atoms with Crippen molar-refractivity contribution in [2.45, 2.75) is 18.8 Å². The SMILES string of the molecule is C=CCC1CC1(F)F. The Hall–Kier alpha value is -0.400.